The summed E-state index contributed by atoms with van der Waals surface area (Å²) in [5.74, 6) is -1.42. The second-order valence-corrected chi connectivity index (χ2v) is 6.39. The first-order chi connectivity index (χ1) is 8.92. The van der Waals surface area contributed by atoms with Gasteiger partial charge in [-0.25, -0.2) is 18.2 Å². The SMILES string of the molecule is O=C(O)c1ncsc1S(=O)(=O)Nc1cnccc1Cl. The monoisotopic (exact) mass is 319 g/mol. The zero-order valence-electron chi connectivity index (χ0n) is 9.07. The van der Waals surface area contributed by atoms with Crippen molar-refractivity contribution in [3.63, 3.8) is 0 Å². The van der Waals surface area contributed by atoms with Crippen LogP contribution in [0, 0.1) is 0 Å². The number of carboxylic acid groups (broad SMARTS) is 1. The fourth-order valence-electron chi connectivity index (χ4n) is 1.21. The number of pyridine rings is 1. The molecule has 2 rings (SSSR count). The van der Waals surface area contributed by atoms with Crippen LogP contribution in [-0.4, -0.2) is 29.5 Å². The van der Waals surface area contributed by atoms with Gasteiger partial charge in [0.05, 0.1) is 22.4 Å². The van der Waals surface area contributed by atoms with Gasteiger partial charge in [0.1, 0.15) is 0 Å². The Morgan fingerprint density at radius 3 is 2.84 bits per heavy atom. The van der Waals surface area contributed by atoms with Crippen molar-refractivity contribution < 1.29 is 18.3 Å². The average molecular weight is 320 g/mol. The number of aromatic nitrogens is 2. The number of sulfonamides is 1. The van der Waals surface area contributed by atoms with E-state index in [0.717, 1.165) is 5.51 Å². The molecule has 0 unspecified atom stereocenters. The highest BCUT2D eigenvalue weighted by atomic mass is 35.5. The van der Waals surface area contributed by atoms with Crippen LogP contribution in [0.4, 0.5) is 5.69 Å². The Kier molecular flexibility index (Phi) is 3.69. The van der Waals surface area contributed by atoms with Gasteiger partial charge in [-0.1, -0.05) is 11.6 Å². The van der Waals surface area contributed by atoms with Gasteiger partial charge in [-0.2, -0.15) is 0 Å². The van der Waals surface area contributed by atoms with E-state index < -0.39 is 21.7 Å². The van der Waals surface area contributed by atoms with Crippen molar-refractivity contribution in [3.05, 3.63) is 34.7 Å². The minimum atomic E-state index is -4.07. The van der Waals surface area contributed by atoms with Gasteiger partial charge in [-0.3, -0.25) is 9.71 Å². The van der Waals surface area contributed by atoms with Gasteiger partial charge in [-0.15, -0.1) is 11.3 Å². The van der Waals surface area contributed by atoms with E-state index in [-0.39, 0.29) is 14.9 Å². The minimum Gasteiger partial charge on any atom is -0.476 e. The van der Waals surface area contributed by atoms with Crippen molar-refractivity contribution in [1.29, 1.82) is 0 Å². The molecule has 19 heavy (non-hydrogen) atoms. The van der Waals surface area contributed by atoms with Crippen molar-refractivity contribution in [2.24, 2.45) is 0 Å². The van der Waals surface area contributed by atoms with Crippen LogP contribution >= 0.6 is 22.9 Å². The number of nitrogens with zero attached hydrogens (tertiary/aromatic N) is 2. The van der Waals surface area contributed by atoms with E-state index in [1.807, 2.05) is 0 Å². The van der Waals surface area contributed by atoms with Gasteiger partial charge in [0, 0.05) is 6.20 Å². The molecule has 2 N–H and O–H groups in total. The number of aromatic carboxylic acids is 1. The molecule has 0 aromatic carbocycles. The number of hydrogen-bond acceptors (Lipinski definition) is 6. The van der Waals surface area contributed by atoms with E-state index in [0.29, 0.717) is 11.3 Å². The van der Waals surface area contributed by atoms with Crippen LogP contribution in [0.2, 0.25) is 5.02 Å². The van der Waals surface area contributed by atoms with E-state index >= 15 is 0 Å². The molecule has 10 heteroatoms. The molecule has 0 radical (unpaired) electrons. The maximum atomic E-state index is 12.0. The molecular weight excluding hydrogens is 314 g/mol. The molecule has 0 saturated heterocycles. The lowest BCUT2D eigenvalue weighted by Crippen LogP contribution is -2.15. The van der Waals surface area contributed by atoms with Crippen LogP contribution in [0.3, 0.4) is 0 Å². The Hall–Kier alpha value is -1.71. The number of anilines is 1. The van der Waals surface area contributed by atoms with Crippen LogP contribution in [0.15, 0.2) is 28.2 Å². The topological polar surface area (TPSA) is 109 Å². The first-order valence-electron chi connectivity index (χ1n) is 4.71. The van der Waals surface area contributed by atoms with Crippen LogP contribution < -0.4 is 4.72 Å². The fourth-order valence-corrected chi connectivity index (χ4v) is 3.63. The third-order valence-corrected chi connectivity index (χ3v) is 5.06. The van der Waals surface area contributed by atoms with E-state index in [4.69, 9.17) is 16.7 Å². The maximum absolute atomic E-state index is 12.0. The number of halogens is 1. The third-order valence-electron chi connectivity index (χ3n) is 1.99. The minimum absolute atomic E-state index is 0.0638. The van der Waals surface area contributed by atoms with Gasteiger partial charge in [0.15, 0.2) is 9.90 Å². The normalized spacial score (nSPS) is 11.2. The molecule has 0 bridgehead atoms. The summed E-state index contributed by atoms with van der Waals surface area (Å²) in [4.78, 5) is 18.1. The number of nitrogens with one attached hydrogen (secondary N) is 1. The molecular formula is C9H6ClN3O4S2. The van der Waals surface area contributed by atoms with Gasteiger partial charge < -0.3 is 5.11 Å². The lowest BCUT2D eigenvalue weighted by Gasteiger charge is -2.07. The summed E-state index contributed by atoms with van der Waals surface area (Å²) in [6, 6.07) is 1.41. The van der Waals surface area contributed by atoms with E-state index in [2.05, 4.69) is 14.7 Å². The Labute approximate surface area is 117 Å². The third kappa shape index (κ3) is 2.83. The molecule has 0 amide bonds. The van der Waals surface area contributed by atoms with E-state index in [1.165, 1.54) is 18.5 Å². The van der Waals surface area contributed by atoms with Crippen molar-refractivity contribution in [1.82, 2.24) is 9.97 Å². The summed E-state index contributed by atoms with van der Waals surface area (Å²) >= 11 is 6.50. The molecule has 0 fully saturated rings. The Bertz CT molecular complexity index is 729. The molecule has 7 nitrogen and oxygen atoms in total. The summed E-state index contributed by atoms with van der Waals surface area (Å²) in [5.41, 5.74) is 0.675. The average Bonchev–Trinajstić information content (AvgIpc) is 2.82. The van der Waals surface area contributed by atoms with Crippen molar-refractivity contribution in [2.45, 2.75) is 4.21 Å². The standard InChI is InChI=1S/C9H6ClN3O4S2/c10-5-1-2-11-3-6(5)13-19(16,17)9-7(8(14)15)12-4-18-9/h1-4,13H,(H,14,15). The fraction of sp³-hybridized carbons (Fsp3) is 0. The smallest absolute Gasteiger partial charge is 0.356 e. The summed E-state index contributed by atoms with van der Waals surface area (Å²) in [5, 5.41) is 9.00. The lowest BCUT2D eigenvalue weighted by atomic mass is 10.4. The molecule has 2 aromatic heterocycles. The van der Waals surface area contributed by atoms with Crippen LogP contribution in [0.25, 0.3) is 0 Å². The molecule has 2 heterocycles. The first kappa shape index (κ1) is 13.7. The molecule has 2 aromatic rings. The Balaban J connectivity index is 2.41. The van der Waals surface area contributed by atoms with Crippen molar-refractivity contribution in [2.75, 3.05) is 4.72 Å². The highest BCUT2D eigenvalue weighted by Crippen LogP contribution is 2.26. The van der Waals surface area contributed by atoms with Crippen LogP contribution in [0.5, 0.6) is 0 Å². The molecule has 100 valence electrons. The zero-order valence-corrected chi connectivity index (χ0v) is 11.5. The van der Waals surface area contributed by atoms with Crippen molar-refractivity contribution >= 4 is 44.6 Å². The number of rotatable bonds is 4. The highest BCUT2D eigenvalue weighted by molar-refractivity contribution is 7.94. The second kappa shape index (κ2) is 5.11. The highest BCUT2D eigenvalue weighted by Gasteiger charge is 2.26. The second-order valence-electron chi connectivity index (χ2n) is 3.25. The quantitative estimate of drug-likeness (QED) is 0.887. The number of carboxylic acids is 1. The van der Waals surface area contributed by atoms with Crippen LogP contribution in [-0.2, 0) is 10.0 Å². The molecule has 0 saturated carbocycles. The predicted octanol–water partition coefficient (Wildman–Crippen LogP) is 1.69. The summed E-state index contributed by atoms with van der Waals surface area (Å²) < 4.78 is 25.9. The molecule has 0 aliphatic rings. The lowest BCUT2D eigenvalue weighted by molar-refractivity contribution is 0.0687. The zero-order chi connectivity index (χ0) is 14.0. The van der Waals surface area contributed by atoms with Crippen LogP contribution in [0.1, 0.15) is 10.5 Å². The number of hydrogen-bond donors (Lipinski definition) is 2. The number of carbonyl (C=O) groups is 1. The van der Waals surface area contributed by atoms with E-state index in [1.54, 1.807) is 0 Å². The summed E-state index contributed by atoms with van der Waals surface area (Å²) in [6.07, 6.45) is 2.62. The molecule has 0 aliphatic heterocycles. The Morgan fingerprint density at radius 2 is 2.21 bits per heavy atom. The number of thiazole rings is 1. The first-order valence-corrected chi connectivity index (χ1v) is 7.45. The van der Waals surface area contributed by atoms with Gasteiger partial charge in [-0.05, 0) is 6.07 Å². The molecule has 0 atom stereocenters. The molecule has 0 spiro atoms. The Morgan fingerprint density at radius 1 is 1.47 bits per heavy atom. The largest absolute Gasteiger partial charge is 0.476 e. The van der Waals surface area contributed by atoms with Gasteiger partial charge in [0.25, 0.3) is 10.0 Å². The predicted molar refractivity (Wildman–Crippen MR) is 69.1 cm³/mol. The van der Waals surface area contributed by atoms with Gasteiger partial charge in [0.2, 0.25) is 0 Å². The van der Waals surface area contributed by atoms with E-state index in [9.17, 15) is 13.2 Å². The summed E-state index contributed by atoms with van der Waals surface area (Å²) in [6.45, 7) is 0. The maximum Gasteiger partial charge on any atom is 0.356 e. The van der Waals surface area contributed by atoms with Gasteiger partial charge >= 0.3 is 5.97 Å². The van der Waals surface area contributed by atoms with Crippen molar-refractivity contribution in [3.8, 4) is 0 Å². The molecule has 0 aliphatic carbocycles. The summed E-state index contributed by atoms with van der Waals surface area (Å²) in [7, 11) is -4.07.